The fourth-order valence-corrected chi connectivity index (χ4v) is 3.67. The lowest BCUT2D eigenvalue weighted by Crippen LogP contribution is -2.33. The molecule has 27 heavy (non-hydrogen) atoms. The summed E-state index contributed by atoms with van der Waals surface area (Å²) >= 11 is 0. The Morgan fingerprint density at radius 2 is 2.11 bits per heavy atom. The monoisotopic (exact) mass is 369 g/mol. The Kier molecular flexibility index (Phi) is 4.84. The van der Waals surface area contributed by atoms with Gasteiger partial charge in [-0.25, -0.2) is 0 Å². The molecule has 144 valence electrons. The molecule has 0 unspecified atom stereocenters. The molecule has 0 radical (unpaired) electrons. The Labute approximate surface area is 158 Å². The third kappa shape index (κ3) is 3.81. The highest BCUT2D eigenvalue weighted by atomic mass is 16.3. The normalized spacial score (nSPS) is 16.0. The van der Waals surface area contributed by atoms with Gasteiger partial charge in [-0.05, 0) is 30.5 Å². The minimum atomic E-state index is -0.754. The maximum atomic E-state index is 10.6. The maximum Gasteiger partial charge on any atom is 0.139 e. The predicted octanol–water partition coefficient (Wildman–Crippen LogP) is 1.64. The van der Waals surface area contributed by atoms with Gasteiger partial charge >= 0.3 is 0 Å². The number of hydrogen-bond acceptors (Lipinski definition) is 5. The molecule has 0 aliphatic carbocycles. The number of aliphatic hydroxyl groups is 1. The molecular formula is C19H27N7O. The molecule has 0 amide bonds. The number of H-pyrrole nitrogens is 1. The third-order valence-electron chi connectivity index (χ3n) is 5.01. The van der Waals surface area contributed by atoms with E-state index in [1.54, 1.807) is 10.9 Å². The van der Waals surface area contributed by atoms with E-state index in [4.69, 9.17) is 0 Å². The summed E-state index contributed by atoms with van der Waals surface area (Å²) in [6.07, 6.45) is 1.93. The van der Waals surface area contributed by atoms with E-state index in [0.717, 1.165) is 55.4 Å². The summed E-state index contributed by atoms with van der Waals surface area (Å²) in [6, 6.07) is 5.99. The van der Waals surface area contributed by atoms with E-state index in [9.17, 15) is 5.11 Å². The molecule has 1 aliphatic rings. The van der Waals surface area contributed by atoms with Crippen LogP contribution >= 0.6 is 0 Å². The van der Waals surface area contributed by atoms with Crippen molar-refractivity contribution in [1.82, 2.24) is 34.7 Å². The van der Waals surface area contributed by atoms with Gasteiger partial charge in [0.05, 0.1) is 29.3 Å². The van der Waals surface area contributed by atoms with E-state index >= 15 is 0 Å². The molecule has 0 saturated heterocycles. The van der Waals surface area contributed by atoms with Crippen molar-refractivity contribution in [3.63, 3.8) is 0 Å². The second-order valence-corrected chi connectivity index (χ2v) is 7.76. The van der Waals surface area contributed by atoms with Gasteiger partial charge in [0.1, 0.15) is 6.10 Å². The van der Waals surface area contributed by atoms with Crippen molar-refractivity contribution in [2.45, 2.75) is 46.0 Å². The zero-order valence-electron chi connectivity index (χ0n) is 16.1. The van der Waals surface area contributed by atoms with Crippen LogP contribution in [0.15, 0.2) is 24.4 Å². The van der Waals surface area contributed by atoms with Crippen molar-refractivity contribution >= 4 is 0 Å². The van der Waals surface area contributed by atoms with Crippen LogP contribution in [0.2, 0.25) is 0 Å². The first-order valence-electron chi connectivity index (χ1n) is 9.47. The number of nitrogens with one attached hydrogen (secondary N) is 1. The summed E-state index contributed by atoms with van der Waals surface area (Å²) in [5.41, 5.74) is 4.82. The highest BCUT2D eigenvalue weighted by Gasteiger charge is 2.23. The molecule has 4 rings (SSSR count). The summed E-state index contributed by atoms with van der Waals surface area (Å²) in [4.78, 5) is 2.38. The predicted molar refractivity (Wildman–Crippen MR) is 101 cm³/mol. The fraction of sp³-hybridized carbons (Fsp3) is 0.526. The van der Waals surface area contributed by atoms with Crippen molar-refractivity contribution in [1.29, 1.82) is 0 Å². The molecule has 8 nitrogen and oxygen atoms in total. The first-order valence-corrected chi connectivity index (χ1v) is 9.47. The first kappa shape index (κ1) is 17.9. The number of aromatic amines is 1. The van der Waals surface area contributed by atoms with Crippen LogP contribution in [-0.4, -0.2) is 46.3 Å². The average Bonchev–Trinajstić information content (AvgIpc) is 3.33. The van der Waals surface area contributed by atoms with Crippen LogP contribution in [0.3, 0.4) is 0 Å². The van der Waals surface area contributed by atoms with Gasteiger partial charge in [0.15, 0.2) is 0 Å². The molecule has 8 heteroatoms. The summed E-state index contributed by atoms with van der Waals surface area (Å²) in [7, 11) is 1.83. The van der Waals surface area contributed by atoms with Gasteiger partial charge < -0.3 is 5.11 Å². The van der Waals surface area contributed by atoms with Crippen LogP contribution in [0.1, 0.15) is 48.4 Å². The summed E-state index contributed by atoms with van der Waals surface area (Å²) in [6.45, 7) is 7.81. The van der Waals surface area contributed by atoms with Crippen LogP contribution in [0.4, 0.5) is 0 Å². The Morgan fingerprint density at radius 1 is 1.26 bits per heavy atom. The van der Waals surface area contributed by atoms with E-state index in [-0.39, 0.29) is 0 Å². The van der Waals surface area contributed by atoms with Gasteiger partial charge in [-0.1, -0.05) is 13.8 Å². The van der Waals surface area contributed by atoms with Gasteiger partial charge in [-0.2, -0.15) is 15.3 Å². The number of aromatic nitrogens is 6. The SMILES string of the molecule is CC(C)Cc1cc(CN2CCn3nc([C@H](O)c4ccnn4C)cc3C2)[nH]n1. The number of hydrogen-bond donors (Lipinski definition) is 2. The van der Waals surface area contributed by atoms with Crippen LogP contribution in [0.25, 0.3) is 0 Å². The van der Waals surface area contributed by atoms with E-state index in [0.29, 0.717) is 11.6 Å². The number of fused-ring (bicyclic) bond motifs is 1. The van der Waals surface area contributed by atoms with Crippen LogP contribution in [0, 0.1) is 5.92 Å². The molecular weight excluding hydrogens is 342 g/mol. The fourth-order valence-electron chi connectivity index (χ4n) is 3.67. The standard InChI is InChI=1S/C19H27N7O/c1-13(2)8-14-9-15(22-21-14)11-25-6-7-26-16(12-25)10-17(23-26)19(27)18-4-5-20-24(18)3/h4-5,9-10,13,19,27H,6-8,11-12H2,1-3H3,(H,21,22)/t19-/m0/s1. The van der Waals surface area contributed by atoms with E-state index in [1.165, 1.54) is 0 Å². The second-order valence-electron chi connectivity index (χ2n) is 7.76. The number of rotatable bonds is 6. The molecule has 3 aromatic heterocycles. The summed E-state index contributed by atoms with van der Waals surface area (Å²) in [5.74, 6) is 0.606. The lowest BCUT2D eigenvalue weighted by atomic mass is 10.1. The number of aryl methyl sites for hydroxylation is 1. The molecule has 0 fully saturated rings. The quantitative estimate of drug-likeness (QED) is 0.690. The molecule has 2 N–H and O–H groups in total. The Bertz CT molecular complexity index is 907. The summed E-state index contributed by atoms with van der Waals surface area (Å²) in [5, 5.41) is 26.9. The number of aliphatic hydroxyl groups excluding tert-OH is 1. The van der Waals surface area contributed by atoms with Crippen molar-refractivity contribution in [3.8, 4) is 0 Å². The Morgan fingerprint density at radius 3 is 2.85 bits per heavy atom. The van der Waals surface area contributed by atoms with Gasteiger partial charge in [0.2, 0.25) is 0 Å². The average molecular weight is 369 g/mol. The zero-order valence-corrected chi connectivity index (χ0v) is 16.1. The van der Waals surface area contributed by atoms with Crippen molar-refractivity contribution in [3.05, 3.63) is 52.9 Å². The topological polar surface area (TPSA) is 87.8 Å². The molecule has 0 bridgehead atoms. The molecule has 1 aliphatic heterocycles. The number of nitrogens with zero attached hydrogens (tertiary/aromatic N) is 6. The lowest BCUT2D eigenvalue weighted by Gasteiger charge is -2.26. The van der Waals surface area contributed by atoms with Crippen molar-refractivity contribution < 1.29 is 5.11 Å². The van der Waals surface area contributed by atoms with E-state index < -0.39 is 6.10 Å². The minimum Gasteiger partial charge on any atom is -0.380 e. The van der Waals surface area contributed by atoms with Crippen molar-refractivity contribution in [2.75, 3.05) is 6.54 Å². The highest BCUT2D eigenvalue weighted by molar-refractivity contribution is 5.22. The van der Waals surface area contributed by atoms with Gasteiger partial charge in [0.25, 0.3) is 0 Å². The van der Waals surface area contributed by atoms with E-state index in [1.807, 2.05) is 23.9 Å². The third-order valence-corrected chi connectivity index (χ3v) is 5.01. The molecule has 3 aromatic rings. The molecule has 0 saturated carbocycles. The second kappa shape index (κ2) is 7.28. The van der Waals surface area contributed by atoms with Gasteiger partial charge in [0, 0.05) is 38.6 Å². The largest absolute Gasteiger partial charge is 0.380 e. The minimum absolute atomic E-state index is 0.606. The molecule has 4 heterocycles. The Balaban J connectivity index is 1.43. The smallest absolute Gasteiger partial charge is 0.139 e. The van der Waals surface area contributed by atoms with Crippen molar-refractivity contribution in [2.24, 2.45) is 13.0 Å². The van der Waals surface area contributed by atoms with Gasteiger partial charge in [-0.15, -0.1) is 0 Å². The van der Waals surface area contributed by atoms with Crippen LogP contribution < -0.4 is 0 Å². The van der Waals surface area contributed by atoms with E-state index in [2.05, 4.69) is 45.2 Å². The first-order chi connectivity index (χ1) is 13.0. The van der Waals surface area contributed by atoms with Crippen LogP contribution in [-0.2, 0) is 33.1 Å². The lowest BCUT2D eigenvalue weighted by molar-refractivity contribution is 0.195. The Hall–Kier alpha value is -2.45. The highest BCUT2D eigenvalue weighted by Crippen LogP contribution is 2.23. The zero-order chi connectivity index (χ0) is 19.0. The molecule has 0 spiro atoms. The van der Waals surface area contributed by atoms with Crippen LogP contribution in [0.5, 0.6) is 0 Å². The van der Waals surface area contributed by atoms with Gasteiger partial charge in [-0.3, -0.25) is 19.4 Å². The molecule has 1 atom stereocenters. The molecule has 0 aromatic carbocycles. The summed E-state index contributed by atoms with van der Waals surface area (Å²) < 4.78 is 3.69. The maximum absolute atomic E-state index is 10.6.